The molecule has 1 atom stereocenters. The van der Waals surface area contributed by atoms with Crippen molar-refractivity contribution in [2.24, 2.45) is 0 Å². The van der Waals surface area contributed by atoms with Crippen LogP contribution in [-0.4, -0.2) is 35.6 Å². The Morgan fingerprint density at radius 1 is 1.13 bits per heavy atom. The maximum absolute atomic E-state index is 13.0. The second-order valence-corrected chi connectivity index (χ2v) is 5.04. The first-order chi connectivity index (χ1) is 10.7. The summed E-state index contributed by atoms with van der Waals surface area (Å²) in [6.45, 7) is 0.637. The molecule has 0 aliphatic carbocycles. The molecule has 23 heavy (non-hydrogen) atoms. The van der Waals surface area contributed by atoms with E-state index < -0.39 is 17.5 Å². The Bertz CT molecular complexity index is 874. The van der Waals surface area contributed by atoms with Crippen molar-refractivity contribution in [3.05, 3.63) is 36.7 Å². The van der Waals surface area contributed by atoms with Crippen molar-refractivity contribution in [2.45, 2.75) is 18.7 Å². The molecule has 3 aromatic rings. The van der Waals surface area contributed by atoms with Gasteiger partial charge in [0.15, 0.2) is 5.65 Å². The lowest BCUT2D eigenvalue weighted by atomic mass is 10.0. The maximum atomic E-state index is 13.0. The zero-order chi connectivity index (χ0) is 16.8. The number of hydrogen-bond acceptors (Lipinski definition) is 6. The number of nitrogens with zero attached hydrogens (tertiary/aromatic N) is 5. The molecular formula is C13H11F3N6O. The summed E-state index contributed by atoms with van der Waals surface area (Å²) in [6, 6.07) is 0. The lowest BCUT2D eigenvalue weighted by molar-refractivity contribution is -0.260. The maximum Gasteiger partial charge on any atom is 0.422 e. The van der Waals surface area contributed by atoms with Crippen LogP contribution in [0.2, 0.25) is 0 Å². The lowest BCUT2D eigenvalue weighted by Gasteiger charge is -2.25. The molecule has 0 unspecified atom stereocenters. The summed E-state index contributed by atoms with van der Waals surface area (Å²) in [4.78, 5) is 15.6. The summed E-state index contributed by atoms with van der Waals surface area (Å²) in [5.74, 6) is 0.161. The fraction of sp³-hybridized carbons (Fsp3) is 0.231. The van der Waals surface area contributed by atoms with Gasteiger partial charge in [0, 0.05) is 6.20 Å². The van der Waals surface area contributed by atoms with Gasteiger partial charge in [0.1, 0.15) is 11.5 Å². The van der Waals surface area contributed by atoms with Crippen molar-refractivity contribution in [3.63, 3.8) is 0 Å². The summed E-state index contributed by atoms with van der Waals surface area (Å²) in [5, 5.41) is 9.76. The molecule has 0 radical (unpaired) electrons. The summed E-state index contributed by atoms with van der Waals surface area (Å²) in [7, 11) is 0. The van der Waals surface area contributed by atoms with Crippen LogP contribution >= 0.6 is 0 Å². The van der Waals surface area contributed by atoms with Crippen LogP contribution in [0.15, 0.2) is 31.0 Å². The molecule has 3 rings (SSSR count). The van der Waals surface area contributed by atoms with Crippen molar-refractivity contribution >= 4 is 11.5 Å². The first-order valence-electron chi connectivity index (χ1n) is 6.41. The highest BCUT2D eigenvalue weighted by Gasteiger charge is 2.52. The van der Waals surface area contributed by atoms with Gasteiger partial charge in [-0.3, -0.25) is 14.4 Å². The first kappa shape index (κ1) is 15.2. The predicted octanol–water partition coefficient (Wildman–Crippen LogP) is 1.54. The molecule has 10 heteroatoms. The van der Waals surface area contributed by atoms with Crippen LogP contribution in [0.5, 0.6) is 0 Å². The van der Waals surface area contributed by atoms with Gasteiger partial charge in [-0.2, -0.15) is 13.2 Å². The van der Waals surface area contributed by atoms with Gasteiger partial charge in [0.2, 0.25) is 5.60 Å². The number of aromatic nitrogens is 5. The largest absolute Gasteiger partial charge is 0.422 e. The van der Waals surface area contributed by atoms with Gasteiger partial charge in [-0.1, -0.05) is 0 Å². The molecule has 0 spiro atoms. The van der Waals surface area contributed by atoms with Gasteiger partial charge >= 0.3 is 6.18 Å². The third-order valence-corrected chi connectivity index (χ3v) is 3.36. The smallest absolute Gasteiger partial charge is 0.382 e. The first-order valence-corrected chi connectivity index (χ1v) is 6.41. The molecule has 7 nitrogen and oxygen atoms in total. The van der Waals surface area contributed by atoms with Crippen LogP contribution in [0, 0.1) is 0 Å². The Morgan fingerprint density at radius 3 is 2.52 bits per heavy atom. The van der Waals surface area contributed by atoms with E-state index in [1.165, 1.54) is 23.0 Å². The number of halogens is 3. The van der Waals surface area contributed by atoms with E-state index in [1.807, 2.05) is 0 Å². The summed E-state index contributed by atoms with van der Waals surface area (Å²) in [6.07, 6.45) is 1.49. The van der Waals surface area contributed by atoms with Crippen LogP contribution in [0.4, 0.5) is 19.0 Å². The fourth-order valence-corrected chi connectivity index (χ4v) is 1.98. The van der Waals surface area contributed by atoms with Gasteiger partial charge in [-0.25, -0.2) is 9.97 Å². The normalized spacial score (nSPS) is 14.8. The van der Waals surface area contributed by atoms with Crippen molar-refractivity contribution in [1.29, 1.82) is 0 Å². The molecule has 3 N–H and O–H groups in total. The summed E-state index contributed by atoms with van der Waals surface area (Å²) < 4.78 is 40.2. The highest BCUT2D eigenvalue weighted by molar-refractivity contribution is 5.60. The molecule has 120 valence electrons. The highest BCUT2D eigenvalue weighted by Crippen LogP contribution is 2.37. The number of imidazole rings is 1. The van der Waals surface area contributed by atoms with Crippen LogP contribution < -0.4 is 5.73 Å². The minimum Gasteiger partial charge on any atom is -0.382 e. The summed E-state index contributed by atoms with van der Waals surface area (Å²) in [5.41, 5.74) is 2.91. The van der Waals surface area contributed by atoms with Gasteiger partial charge in [0.05, 0.1) is 36.2 Å². The van der Waals surface area contributed by atoms with E-state index in [1.54, 1.807) is 0 Å². The number of hydrogen-bond donors (Lipinski definition) is 2. The Hall–Kier alpha value is -2.75. The van der Waals surface area contributed by atoms with E-state index in [-0.39, 0.29) is 5.82 Å². The Kier molecular flexibility index (Phi) is 3.22. The monoisotopic (exact) mass is 324 g/mol. The molecule has 3 aromatic heterocycles. The Labute approximate surface area is 127 Å². The molecular weight excluding hydrogens is 313 g/mol. The number of alkyl halides is 3. The third kappa shape index (κ3) is 2.46. The molecule has 0 aliphatic rings. The van der Waals surface area contributed by atoms with Crippen LogP contribution in [0.3, 0.4) is 0 Å². The van der Waals surface area contributed by atoms with Crippen LogP contribution in [-0.2, 0) is 5.60 Å². The molecule has 0 saturated carbocycles. The number of rotatable bonds is 2. The van der Waals surface area contributed by atoms with Gasteiger partial charge in [-0.05, 0) is 6.92 Å². The van der Waals surface area contributed by atoms with E-state index in [4.69, 9.17) is 5.73 Å². The van der Waals surface area contributed by atoms with Crippen molar-refractivity contribution in [3.8, 4) is 11.4 Å². The van der Waals surface area contributed by atoms with E-state index in [2.05, 4.69) is 19.9 Å². The summed E-state index contributed by atoms with van der Waals surface area (Å²) >= 11 is 0. The van der Waals surface area contributed by atoms with Crippen molar-refractivity contribution in [2.75, 3.05) is 5.73 Å². The minimum absolute atomic E-state index is 0.161. The Balaban J connectivity index is 2.18. The topological polar surface area (TPSA) is 102 Å². The quantitative estimate of drug-likeness (QED) is 0.741. The number of fused-ring (bicyclic) bond motifs is 1. The molecule has 0 aliphatic heterocycles. The number of anilines is 1. The molecule has 0 amide bonds. The van der Waals surface area contributed by atoms with Crippen molar-refractivity contribution < 1.29 is 18.3 Å². The van der Waals surface area contributed by atoms with Crippen LogP contribution in [0.1, 0.15) is 12.6 Å². The van der Waals surface area contributed by atoms with E-state index in [0.29, 0.717) is 24.0 Å². The lowest BCUT2D eigenvalue weighted by Crippen LogP contribution is -2.40. The highest BCUT2D eigenvalue weighted by atomic mass is 19.4. The molecule has 3 heterocycles. The zero-order valence-electron chi connectivity index (χ0n) is 11.8. The minimum atomic E-state index is -4.87. The second-order valence-electron chi connectivity index (χ2n) is 5.04. The van der Waals surface area contributed by atoms with E-state index >= 15 is 0 Å². The average molecular weight is 324 g/mol. The molecule has 0 saturated heterocycles. The standard InChI is InChI=1S/C13H11F3N6O/c1-12(23,13(14,15)16)9-6-22-8(3-20-11(22)5-19-9)7-2-18-4-10(17)21-7/h2-6,23H,1H3,(H2,17,21)/t12-/m0/s1. The SMILES string of the molecule is C[C@](O)(c1cn2c(-c3cncc(N)n3)cnc2cn1)C(F)(F)F. The van der Waals surface area contributed by atoms with Crippen LogP contribution in [0.25, 0.3) is 17.0 Å². The molecule has 0 bridgehead atoms. The second kappa shape index (κ2) is 4.88. The fourth-order valence-electron chi connectivity index (χ4n) is 1.98. The number of aliphatic hydroxyl groups is 1. The predicted molar refractivity (Wildman–Crippen MR) is 74.1 cm³/mol. The zero-order valence-corrected chi connectivity index (χ0v) is 11.8. The van der Waals surface area contributed by atoms with Gasteiger partial charge in [0.25, 0.3) is 0 Å². The number of nitrogens with two attached hydrogens (primary N) is 1. The number of nitrogen functional groups attached to an aromatic ring is 1. The van der Waals surface area contributed by atoms with Crippen molar-refractivity contribution in [1.82, 2.24) is 24.3 Å². The average Bonchev–Trinajstić information content (AvgIpc) is 2.89. The molecule has 0 fully saturated rings. The van der Waals surface area contributed by atoms with E-state index in [0.717, 1.165) is 12.4 Å². The van der Waals surface area contributed by atoms with E-state index in [9.17, 15) is 18.3 Å². The van der Waals surface area contributed by atoms with Gasteiger partial charge in [-0.15, -0.1) is 0 Å². The third-order valence-electron chi connectivity index (χ3n) is 3.36. The molecule has 0 aromatic carbocycles. The Morgan fingerprint density at radius 2 is 1.87 bits per heavy atom. The van der Waals surface area contributed by atoms with Gasteiger partial charge < -0.3 is 10.8 Å².